The average molecular weight is 1280 g/mol. The molecule has 19 heteroatoms. The molecule has 0 aromatic heterocycles. The van der Waals surface area contributed by atoms with Crippen LogP contribution in [0, 0.1) is 50.2 Å². The SMILES string of the molecule is C[C@H]1O[C@@H](OC2C(O)C(NC(=O)CCCCCCC(=O)c3cc[c]([Sn]([CH3])([CH3])[CH3])cc3)[C@H](CO)O[C@H]2OC(=O)[C@]23CCC(C)(C)CC2C2=CCC4C5(C)CC[C@H](O)C(C)(C)[C@@H]5CC[C@]4(C)[C@]2(C)CC3)C(O)C(O)C1O[C@@H]1OCC(O)C(O)C1O. The summed E-state index contributed by atoms with van der Waals surface area (Å²) in [6.07, 6.45) is -7.45. The minimum atomic E-state index is -2.25. The van der Waals surface area contributed by atoms with E-state index in [2.05, 4.69) is 86.8 Å². The standard InChI is InChI=1S/C61H92NO17.3CH3.Sn/c1-33-50(77-52-48(71)45(68)38(65)32-74-52)47(70)49(72)53(75-33)78-51-46(69)44(62-43(67)19-15-10-9-14-18-37(64)34-16-12-11-13-17-34)39(31-63)76-54(51)79-55(73)61-28-26-56(2,3)30-36(61)35-20-21-41-58(6)24-23-42(66)57(4,5)40(58)22-25-60(41,8)59(35,7)27-29-61;;;;/h12-13,16-17,20,33,36,38-42,44-54,63,65-66,68-72H,9-10,14-15,18-19,21-32H2,1-8H3,(H,62,67);3*1H3;/t33-,36?,38?,39+,40+,41?,42+,44?,45?,46?,47?,48?,49?,50?,51?,52+,53+,54+,58?,59-,60+,61+;;;;/m1..../s1. The van der Waals surface area contributed by atoms with Crippen LogP contribution >= 0.6 is 0 Å². The smallest absolute Gasteiger partial charge is 0.315 e. The fourth-order valence-corrected chi connectivity index (χ4v) is 20.6. The molecule has 4 saturated carbocycles. The van der Waals surface area contributed by atoms with Gasteiger partial charge in [0.1, 0.15) is 48.8 Å². The summed E-state index contributed by atoms with van der Waals surface area (Å²) >= 11 is -2.25. The molecule has 7 fully saturated rings. The van der Waals surface area contributed by atoms with E-state index in [9.17, 15) is 50.4 Å². The summed E-state index contributed by atoms with van der Waals surface area (Å²) in [5.41, 5.74) is 0.388. The van der Waals surface area contributed by atoms with Gasteiger partial charge in [-0.25, -0.2) is 0 Å². The molecule has 3 saturated heterocycles. The monoisotopic (exact) mass is 1280 g/mol. The Balaban J connectivity index is 0.931. The van der Waals surface area contributed by atoms with Crippen molar-refractivity contribution in [3.05, 3.63) is 41.5 Å². The fraction of sp³-hybridized carbons (Fsp3) is 0.828. The molecule has 12 unspecified atom stereocenters. The number of nitrogens with one attached hydrogen (secondary N) is 1. The first-order valence-corrected chi connectivity index (χ1v) is 41.3. The van der Waals surface area contributed by atoms with Gasteiger partial charge in [-0.2, -0.15) is 0 Å². The number of allylic oxidation sites excluding steroid dienone is 2. The minimum Gasteiger partial charge on any atom is -0.432 e. The van der Waals surface area contributed by atoms with Crippen LogP contribution in [0.5, 0.6) is 0 Å². The van der Waals surface area contributed by atoms with Gasteiger partial charge in [-0.3, -0.25) is 9.59 Å². The summed E-state index contributed by atoms with van der Waals surface area (Å²) in [6.45, 7) is 16.8. The summed E-state index contributed by atoms with van der Waals surface area (Å²) in [4.78, 5) is 49.5. The van der Waals surface area contributed by atoms with Gasteiger partial charge in [0.05, 0.1) is 36.9 Å². The number of esters is 1. The predicted octanol–water partition coefficient (Wildman–Crippen LogP) is 5.70. The normalized spacial score (nSPS) is 44.0. The molecule has 1 aromatic carbocycles. The Bertz CT molecular complexity index is 2500. The molecule has 83 heavy (non-hydrogen) atoms. The minimum absolute atomic E-state index is 0.0245. The molecule has 0 bridgehead atoms. The number of ether oxygens (including phenoxy) is 6. The van der Waals surface area contributed by atoms with Gasteiger partial charge in [0.2, 0.25) is 6.29 Å². The van der Waals surface area contributed by atoms with Crippen molar-refractivity contribution in [2.75, 3.05) is 13.2 Å². The Morgan fingerprint density at radius 3 is 2.02 bits per heavy atom. The van der Waals surface area contributed by atoms with Gasteiger partial charge in [0.25, 0.3) is 0 Å². The van der Waals surface area contributed by atoms with Crippen molar-refractivity contribution in [2.45, 2.75) is 265 Å². The molecule has 0 spiro atoms. The van der Waals surface area contributed by atoms with Crippen molar-refractivity contribution < 1.29 is 83.7 Å². The van der Waals surface area contributed by atoms with Crippen LogP contribution in [-0.4, -0.2) is 182 Å². The number of ketones is 1. The maximum atomic E-state index is 15.7. The van der Waals surface area contributed by atoms with Crippen LogP contribution in [0.25, 0.3) is 0 Å². The summed E-state index contributed by atoms with van der Waals surface area (Å²) in [7, 11) is 0. The third-order valence-corrected chi connectivity index (χ3v) is 28.8. The molecule has 3 aliphatic heterocycles. The molecule has 22 atom stereocenters. The van der Waals surface area contributed by atoms with Crippen LogP contribution < -0.4 is 8.90 Å². The van der Waals surface area contributed by atoms with Gasteiger partial charge < -0.3 is 74.6 Å². The average Bonchev–Trinajstić information content (AvgIpc) is 2.05. The zero-order chi connectivity index (χ0) is 60.6. The summed E-state index contributed by atoms with van der Waals surface area (Å²) in [5, 5.41) is 91.8. The van der Waals surface area contributed by atoms with Crippen LogP contribution in [-0.2, 0) is 38.0 Å². The second-order valence-electron chi connectivity index (χ2n) is 29.8. The molecule has 3 heterocycles. The molecular weight excluding hydrogens is 1170 g/mol. The first-order valence-electron chi connectivity index (χ1n) is 31.3. The van der Waals surface area contributed by atoms with E-state index in [-0.39, 0.29) is 57.9 Å². The van der Waals surface area contributed by atoms with E-state index in [1.165, 1.54) is 16.1 Å². The molecule has 1 amide bonds. The van der Waals surface area contributed by atoms with Crippen molar-refractivity contribution in [3.8, 4) is 0 Å². The maximum absolute atomic E-state index is 15.7. The number of carbonyl (C=O) groups is 3. The van der Waals surface area contributed by atoms with E-state index < -0.39 is 128 Å². The van der Waals surface area contributed by atoms with E-state index in [1.54, 1.807) is 0 Å². The Hall–Kier alpha value is -2.15. The number of unbranched alkanes of at least 4 members (excludes halogenated alkanes) is 3. The summed E-state index contributed by atoms with van der Waals surface area (Å²) in [5.74, 6) is -0.348. The number of carbonyl (C=O) groups excluding carboxylic acids is 3. The molecule has 8 aliphatic rings. The number of amides is 1. The number of rotatable bonds is 17. The fourth-order valence-electron chi connectivity index (χ4n) is 17.3. The van der Waals surface area contributed by atoms with Gasteiger partial charge in [-0.15, -0.1) is 0 Å². The zero-order valence-electron chi connectivity index (χ0n) is 51.3. The number of aliphatic hydroxyl groups is 8. The number of aliphatic hydroxyl groups excluding tert-OH is 8. The van der Waals surface area contributed by atoms with E-state index >= 15 is 4.79 Å². The van der Waals surface area contributed by atoms with Crippen LogP contribution in [0.3, 0.4) is 0 Å². The summed E-state index contributed by atoms with van der Waals surface area (Å²) in [6, 6.07) is 6.70. The van der Waals surface area contributed by atoms with Crippen molar-refractivity contribution in [2.24, 2.45) is 50.2 Å². The predicted molar refractivity (Wildman–Crippen MR) is 310 cm³/mol. The van der Waals surface area contributed by atoms with Gasteiger partial charge in [-0.05, 0) is 116 Å². The zero-order valence-corrected chi connectivity index (χ0v) is 54.1. The molecule has 0 radical (unpaired) electrons. The molecule has 9 N–H and O–H groups in total. The van der Waals surface area contributed by atoms with Gasteiger partial charge in [0, 0.05) is 0 Å². The Morgan fingerprint density at radius 2 is 1.35 bits per heavy atom. The second-order valence-corrected chi connectivity index (χ2v) is 44.3. The number of hydrogen-bond donors (Lipinski definition) is 9. The number of fused-ring (bicyclic) bond motifs is 7. The quantitative estimate of drug-likeness (QED) is 0.0297. The second kappa shape index (κ2) is 24.7. The van der Waals surface area contributed by atoms with Crippen LogP contribution in [0.1, 0.15) is 168 Å². The van der Waals surface area contributed by atoms with Crippen molar-refractivity contribution >= 4 is 39.6 Å². The largest absolute Gasteiger partial charge is 0.432 e. The van der Waals surface area contributed by atoms with E-state index in [0.717, 1.165) is 51.4 Å². The Kier molecular flexibility index (Phi) is 19.4. The first-order chi connectivity index (χ1) is 38.8. The Labute approximate surface area is 496 Å². The van der Waals surface area contributed by atoms with E-state index in [1.807, 2.05) is 12.1 Å². The third kappa shape index (κ3) is 12.2. The van der Waals surface area contributed by atoms with E-state index in [0.29, 0.717) is 62.3 Å². The number of hydrogen-bond acceptors (Lipinski definition) is 17. The van der Waals surface area contributed by atoms with Gasteiger partial charge >= 0.3 is 128 Å². The molecular formula is C64H101NO17Sn. The van der Waals surface area contributed by atoms with Crippen LogP contribution in [0.4, 0.5) is 0 Å². The van der Waals surface area contributed by atoms with Crippen molar-refractivity contribution in [1.82, 2.24) is 5.32 Å². The van der Waals surface area contributed by atoms with Crippen LogP contribution in [0.2, 0.25) is 14.8 Å². The van der Waals surface area contributed by atoms with Crippen LogP contribution in [0.15, 0.2) is 35.9 Å². The maximum Gasteiger partial charge on any atom is 0.315 e. The Morgan fingerprint density at radius 1 is 0.699 bits per heavy atom. The molecule has 9 rings (SSSR count). The molecule has 1 aromatic rings. The third-order valence-electron chi connectivity index (χ3n) is 22.9. The first kappa shape index (κ1) is 65.3. The van der Waals surface area contributed by atoms with Gasteiger partial charge in [-0.1, -0.05) is 60.1 Å². The molecule has 5 aliphatic carbocycles. The summed E-state index contributed by atoms with van der Waals surface area (Å²) < 4.78 is 38.2. The molecule has 468 valence electrons. The van der Waals surface area contributed by atoms with Crippen molar-refractivity contribution in [1.29, 1.82) is 0 Å². The number of Topliss-reactive ketones (excluding diaryl/α,β-unsaturated/α-hetero) is 1. The molecule has 18 nitrogen and oxygen atoms in total. The number of benzene rings is 1. The topological polar surface area (TPSA) is 280 Å². The van der Waals surface area contributed by atoms with Gasteiger partial charge in [0.15, 0.2) is 18.7 Å². The van der Waals surface area contributed by atoms with E-state index in [4.69, 9.17) is 28.4 Å². The van der Waals surface area contributed by atoms with Crippen molar-refractivity contribution in [3.63, 3.8) is 0 Å².